The third kappa shape index (κ3) is 2.94. The Balaban J connectivity index is 2.97. The van der Waals surface area contributed by atoms with Gasteiger partial charge in [-0.3, -0.25) is 0 Å². The number of hydrogen-bond acceptors (Lipinski definition) is 2. The predicted molar refractivity (Wildman–Crippen MR) is 75.6 cm³/mol. The second-order valence-electron chi connectivity index (χ2n) is 6.57. The van der Waals surface area contributed by atoms with Gasteiger partial charge in [0.25, 0.3) is 0 Å². The van der Waals surface area contributed by atoms with Crippen molar-refractivity contribution in [2.24, 2.45) is 0 Å². The van der Waals surface area contributed by atoms with E-state index in [0.29, 0.717) is 16.6 Å². The fourth-order valence-electron chi connectivity index (χ4n) is 3.71. The molecular weight excluding hydrogens is 228 g/mol. The number of aliphatic hydroxyl groups is 1. The summed E-state index contributed by atoms with van der Waals surface area (Å²) >= 11 is 0. The SMILES string of the molecule is CC(C)[Si](OC1(O)CCCC1)(C(C)C)C(C)C. The second-order valence-corrected chi connectivity index (χ2v) is 11.9. The van der Waals surface area contributed by atoms with E-state index in [9.17, 15) is 5.11 Å². The topological polar surface area (TPSA) is 29.5 Å². The summed E-state index contributed by atoms with van der Waals surface area (Å²) in [6.07, 6.45) is 3.87. The lowest BCUT2D eigenvalue weighted by molar-refractivity contribution is -0.142. The van der Waals surface area contributed by atoms with E-state index in [1.807, 2.05) is 0 Å². The lowest BCUT2D eigenvalue weighted by atomic mass is 10.2. The van der Waals surface area contributed by atoms with Crippen LogP contribution in [0.3, 0.4) is 0 Å². The van der Waals surface area contributed by atoms with Crippen molar-refractivity contribution in [3.05, 3.63) is 0 Å². The highest BCUT2D eigenvalue weighted by Gasteiger charge is 2.50. The molecule has 0 unspecified atom stereocenters. The summed E-state index contributed by atoms with van der Waals surface area (Å²) in [5.41, 5.74) is 1.64. The van der Waals surface area contributed by atoms with Gasteiger partial charge in [0.2, 0.25) is 8.32 Å². The van der Waals surface area contributed by atoms with E-state index in [2.05, 4.69) is 41.5 Å². The van der Waals surface area contributed by atoms with Crippen molar-refractivity contribution in [2.45, 2.75) is 89.6 Å². The lowest BCUT2D eigenvalue weighted by Crippen LogP contribution is -2.53. The van der Waals surface area contributed by atoms with E-state index in [1.54, 1.807) is 0 Å². The van der Waals surface area contributed by atoms with Gasteiger partial charge < -0.3 is 9.53 Å². The van der Waals surface area contributed by atoms with Crippen molar-refractivity contribution >= 4 is 8.32 Å². The van der Waals surface area contributed by atoms with Gasteiger partial charge in [-0.1, -0.05) is 41.5 Å². The van der Waals surface area contributed by atoms with Crippen molar-refractivity contribution < 1.29 is 9.53 Å². The Morgan fingerprint density at radius 2 is 1.24 bits per heavy atom. The molecular formula is C14H30O2Si. The molecule has 0 aliphatic heterocycles. The Labute approximate surface area is 108 Å². The Hall–Kier alpha value is 0.137. The molecule has 1 N–H and O–H groups in total. The van der Waals surface area contributed by atoms with Gasteiger partial charge in [0.1, 0.15) is 0 Å². The summed E-state index contributed by atoms with van der Waals surface area (Å²) in [6.45, 7) is 13.6. The first-order valence-electron chi connectivity index (χ1n) is 7.17. The highest BCUT2D eigenvalue weighted by atomic mass is 28.4. The molecule has 0 radical (unpaired) electrons. The minimum absolute atomic E-state index is 0.548. The van der Waals surface area contributed by atoms with Crippen LogP contribution in [-0.4, -0.2) is 19.2 Å². The largest absolute Gasteiger partial charge is 0.389 e. The van der Waals surface area contributed by atoms with Gasteiger partial charge in [0.15, 0.2) is 5.79 Å². The molecule has 1 rings (SSSR count). The Kier molecular flexibility index (Phi) is 4.84. The monoisotopic (exact) mass is 258 g/mol. The summed E-state index contributed by atoms with van der Waals surface area (Å²) in [5, 5.41) is 10.6. The van der Waals surface area contributed by atoms with Gasteiger partial charge in [-0.05, 0) is 29.5 Å². The van der Waals surface area contributed by atoms with Crippen LogP contribution < -0.4 is 0 Å². The van der Waals surface area contributed by atoms with E-state index in [4.69, 9.17) is 4.43 Å². The molecule has 0 spiro atoms. The van der Waals surface area contributed by atoms with Crippen LogP contribution >= 0.6 is 0 Å². The fraction of sp³-hybridized carbons (Fsp3) is 1.00. The van der Waals surface area contributed by atoms with Crippen LogP contribution in [0.25, 0.3) is 0 Å². The van der Waals surface area contributed by atoms with E-state index < -0.39 is 14.1 Å². The molecule has 0 aromatic heterocycles. The first kappa shape index (κ1) is 15.2. The molecule has 0 heterocycles. The van der Waals surface area contributed by atoms with Crippen LogP contribution in [0.4, 0.5) is 0 Å². The molecule has 1 saturated carbocycles. The zero-order chi connectivity index (χ0) is 13.3. The maximum atomic E-state index is 10.6. The van der Waals surface area contributed by atoms with Gasteiger partial charge in [0, 0.05) is 12.8 Å². The maximum Gasteiger partial charge on any atom is 0.204 e. The molecule has 2 nitrogen and oxygen atoms in total. The molecule has 0 aromatic rings. The molecule has 0 amide bonds. The van der Waals surface area contributed by atoms with Crippen molar-refractivity contribution in [2.75, 3.05) is 0 Å². The second kappa shape index (κ2) is 5.41. The first-order chi connectivity index (χ1) is 7.74. The van der Waals surface area contributed by atoms with Gasteiger partial charge in [-0.25, -0.2) is 0 Å². The number of hydrogen-bond donors (Lipinski definition) is 1. The lowest BCUT2D eigenvalue weighted by Gasteiger charge is -2.46. The molecule has 3 heteroatoms. The Morgan fingerprint density at radius 3 is 1.53 bits per heavy atom. The maximum absolute atomic E-state index is 10.6. The zero-order valence-corrected chi connectivity index (χ0v) is 13.4. The molecule has 1 aliphatic carbocycles. The van der Waals surface area contributed by atoms with Crippen molar-refractivity contribution in [3.63, 3.8) is 0 Å². The minimum Gasteiger partial charge on any atom is -0.389 e. The van der Waals surface area contributed by atoms with Crippen LogP contribution in [0.5, 0.6) is 0 Å². The Bertz CT molecular complexity index is 221. The van der Waals surface area contributed by atoms with Crippen molar-refractivity contribution in [3.8, 4) is 0 Å². The summed E-state index contributed by atoms with van der Waals surface area (Å²) in [6, 6.07) is 0. The summed E-state index contributed by atoms with van der Waals surface area (Å²) in [5.74, 6) is -0.814. The van der Waals surface area contributed by atoms with E-state index in [-0.39, 0.29) is 0 Å². The molecule has 1 fully saturated rings. The smallest absolute Gasteiger partial charge is 0.204 e. The first-order valence-corrected chi connectivity index (χ1v) is 9.31. The molecule has 0 atom stereocenters. The van der Waals surface area contributed by atoms with Gasteiger partial charge in [0.05, 0.1) is 0 Å². The third-order valence-corrected chi connectivity index (χ3v) is 10.6. The molecule has 0 saturated heterocycles. The summed E-state index contributed by atoms with van der Waals surface area (Å²) in [4.78, 5) is 0. The van der Waals surface area contributed by atoms with Crippen LogP contribution in [0.1, 0.15) is 67.2 Å². The normalized spacial score (nSPS) is 20.8. The molecule has 0 aromatic carbocycles. The average Bonchev–Trinajstić information content (AvgIpc) is 2.60. The van der Waals surface area contributed by atoms with E-state index in [1.165, 1.54) is 0 Å². The Morgan fingerprint density at radius 1 is 0.882 bits per heavy atom. The quantitative estimate of drug-likeness (QED) is 0.583. The molecule has 17 heavy (non-hydrogen) atoms. The van der Waals surface area contributed by atoms with Crippen LogP contribution in [-0.2, 0) is 4.43 Å². The standard InChI is InChI=1S/C14H30O2Si/c1-11(2)17(12(3)4,13(5)6)16-14(15)9-7-8-10-14/h11-13,15H,7-10H2,1-6H3. The van der Waals surface area contributed by atoms with E-state index >= 15 is 0 Å². The highest BCUT2D eigenvalue weighted by molar-refractivity contribution is 6.77. The predicted octanol–water partition coefficient (Wildman–Crippen LogP) is 4.44. The number of rotatable bonds is 5. The highest BCUT2D eigenvalue weighted by Crippen LogP contribution is 2.47. The molecule has 102 valence electrons. The average molecular weight is 258 g/mol. The minimum atomic E-state index is -1.91. The van der Waals surface area contributed by atoms with Crippen LogP contribution in [0, 0.1) is 0 Å². The van der Waals surface area contributed by atoms with Gasteiger partial charge in [-0.15, -0.1) is 0 Å². The zero-order valence-electron chi connectivity index (χ0n) is 12.4. The molecule has 1 aliphatic rings. The van der Waals surface area contributed by atoms with Gasteiger partial charge in [-0.2, -0.15) is 0 Å². The summed E-state index contributed by atoms with van der Waals surface area (Å²) < 4.78 is 6.47. The third-order valence-electron chi connectivity index (χ3n) is 4.46. The van der Waals surface area contributed by atoms with Crippen molar-refractivity contribution in [1.29, 1.82) is 0 Å². The molecule has 0 bridgehead atoms. The van der Waals surface area contributed by atoms with Crippen molar-refractivity contribution in [1.82, 2.24) is 0 Å². The fourth-order valence-corrected chi connectivity index (χ4v) is 9.28. The van der Waals surface area contributed by atoms with E-state index in [0.717, 1.165) is 25.7 Å². The van der Waals surface area contributed by atoms with Gasteiger partial charge >= 0.3 is 0 Å². The van der Waals surface area contributed by atoms with Crippen LogP contribution in [0.15, 0.2) is 0 Å². The summed E-state index contributed by atoms with van der Waals surface area (Å²) in [7, 11) is -1.91. The van der Waals surface area contributed by atoms with Crippen LogP contribution in [0.2, 0.25) is 16.6 Å².